The third-order valence-corrected chi connectivity index (χ3v) is 4.38. The molecule has 1 unspecified atom stereocenters. The number of nitrogens with one attached hydrogen (secondary N) is 1. The highest BCUT2D eigenvalue weighted by molar-refractivity contribution is 4.91. The van der Waals surface area contributed by atoms with Crippen molar-refractivity contribution in [1.82, 2.24) is 0 Å². The van der Waals surface area contributed by atoms with Crippen LogP contribution in [-0.4, -0.2) is 31.8 Å². The lowest BCUT2D eigenvalue weighted by molar-refractivity contribution is -0.913. The van der Waals surface area contributed by atoms with Gasteiger partial charge >= 0.3 is 0 Å². The SMILES string of the molecule is CC1(C)C[C@]2(CCC[NH+](CCC#N)C2)CCO1. The molecule has 0 radical (unpaired) electrons. The molecule has 2 aliphatic rings. The van der Waals surface area contributed by atoms with Crippen LogP contribution >= 0.6 is 0 Å². The van der Waals surface area contributed by atoms with E-state index in [1.54, 1.807) is 4.90 Å². The van der Waals surface area contributed by atoms with Gasteiger partial charge < -0.3 is 9.64 Å². The van der Waals surface area contributed by atoms with E-state index in [4.69, 9.17) is 10.00 Å². The summed E-state index contributed by atoms with van der Waals surface area (Å²) in [7, 11) is 0. The van der Waals surface area contributed by atoms with Crippen molar-refractivity contribution in [3.05, 3.63) is 0 Å². The molecule has 2 heterocycles. The van der Waals surface area contributed by atoms with Crippen LogP contribution in [-0.2, 0) is 4.74 Å². The first kappa shape index (κ1) is 12.9. The molecule has 0 saturated carbocycles. The highest BCUT2D eigenvalue weighted by Crippen LogP contribution is 2.42. The largest absolute Gasteiger partial charge is 0.376 e. The van der Waals surface area contributed by atoms with Crippen LogP contribution in [0.2, 0.25) is 0 Å². The minimum atomic E-state index is 0.0515. The zero-order valence-electron chi connectivity index (χ0n) is 11.2. The molecule has 0 aliphatic carbocycles. The smallest absolute Gasteiger partial charge is 0.0903 e. The molecule has 0 amide bonds. The van der Waals surface area contributed by atoms with E-state index in [1.807, 2.05) is 0 Å². The van der Waals surface area contributed by atoms with Gasteiger partial charge in [0.2, 0.25) is 0 Å². The topological polar surface area (TPSA) is 37.5 Å². The molecular formula is C14H25N2O+. The Hall–Kier alpha value is -0.590. The molecule has 0 aromatic carbocycles. The maximum absolute atomic E-state index is 8.70. The second-order valence-electron chi connectivity index (χ2n) is 6.47. The van der Waals surface area contributed by atoms with E-state index in [-0.39, 0.29) is 5.60 Å². The zero-order chi connectivity index (χ0) is 12.4. The van der Waals surface area contributed by atoms with Gasteiger partial charge in [-0.05, 0) is 39.5 Å². The molecule has 3 nitrogen and oxygen atoms in total. The Morgan fingerprint density at radius 3 is 2.88 bits per heavy atom. The number of ether oxygens (including phenoxy) is 1. The van der Waals surface area contributed by atoms with Gasteiger partial charge in [0.15, 0.2) is 0 Å². The molecule has 2 rings (SSSR count). The molecule has 17 heavy (non-hydrogen) atoms. The molecule has 96 valence electrons. The zero-order valence-corrected chi connectivity index (χ0v) is 11.2. The first-order valence-electron chi connectivity index (χ1n) is 6.90. The summed E-state index contributed by atoms with van der Waals surface area (Å²) in [5.41, 5.74) is 0.542. The van der Waals surface area contributed by atoms with E-state index < -0.39 is 0 Å². The maximum Gasteiger partial charge on any atom is 0.0903 e. The lowest BCUT2D eigenvalue weighted by Gasteiger charge is -2.48. The molecular weight excluding hydrogens is 212 g/mol. The van der Waals surface area contributed by atoms with Crippen molar-refractivity contribution in [2.75, 3.05) is 26.2 Å². The molecule has 1 N–H and O–H groups in total. The fourth-order valence-corrected chi connectivity index (χ4v) is 3.82. The van der Waals surface area contributed by atoms with Gasteiger partial charge in [0, 0.05) is 12.0 Å². The summed E-state index contributed by atoms with van der Waals surface area (Å²) < 4.78 is 5.85. The molecule has 2 aliphatic heterocycles. The number of nitrogens with zero attached hydrogens (tertiary/aromatic N) is 1. The fourth-order valence-electron chi connectivity index (χ4n) is 3.82. The molecule has 2 atom stereocenters. The van der Waals surface area contributed by atoms with Crippen molar-refractivity contribution in [2.24, 2.45) is 5.41 Å². The van der Waals surface area contributed by atoms with Crippen LogP contribution in [0, 0.1) is 16.7 Å². The van der Waals surface area contributed by atoms with Crippen molar-refractivity contribution >= 4 is 0 Å². The highest BCUT2D eigenvalue weighted by Gasteiger charge is 2.45. The van der Waals surface area contributed by atoms with Crippen LogP contribution in [0.4, 0.5) is 0 Å². The Balaban J connectivity index is 1.97. The van der Waals surface area contributed by atoms with Crippen LogP contribution in [0.25, 0.3) is 0 Å². The summed E-state index contributed by atoms with van der Waals surface area (Å²) in [4.78, 5) is 1.63. The van der Waals surface area contributed by atoms with Gasteiger partial charge in [0.25, 0.3) is 0 Å². The lowest BCUT2D eigenvalue weighted by Crippen LogP contribution is -3.14. The summed E-state index contributed by atoms with van der Waals surface area (Å²) >= 11 is 0. The monoisotopic (exact) mass is 237 g/mol. The normalized spacial score (nSPS) is 36.6. The average Bonchev–Trinajstić information content (AvgIpc) is 2.25. The van der Waals surface area contributed by atoms with Gasteiger partial charge in [-0.1, -0.05) is 0 Å². The summed E-state index contributed by atoms with van der Waals surface area (Å²) in [5.74, 6) is 0. The number of rotatable bonds is 2. The van der Waals surface area contributed by atoms with Crippen molar-refractivity contribution < 1.29 is 9.64 Å². The van der Waals surface area contributed by atoms with Gasteiger partial charge in [-0.25, -0.2) is 0 Å². The lowest BCUT2D eigenvalue weighted by atomic mass is 9.69. The van der Waals surface area contributed by atoms with E-state index >= 15 is 0 Å². The summed E-state index contributed by atoms with van der Waals surface area (Å²) in [6, 6.07) is 2.28. The number of nitriles is 1. The van der Waals surface area contributed by atoms with Crippen LogP contribution in [0.3, 0.4) is 0 Å². The highest BCUT2D eigenvalue weighted by atomic mass is 16.5. The second-order valence-corrected chi connectivity index (χ2v) is 6.47. The van der Waals surface area contributed by atoms with E-state index in [9.17, 15) is 0 Å². The van der Waals surface area contributed by atoms with Crippen LogP contribution in [0.5, 0.6) is 0 Å². The Morgan fingerprint density at radius 1 is 1.35 bits per heavy atom. The molecule has 3 heteroatoms. The van der Waals surface area contributed by atoms with Crippen molar-refractivity contribution in [3.63, 3.8) is 0 Å². The molecule has 0 aromatic rings. The number of hydrogen-bond acceptors (Lipinski definition) is 2. The average molecular weight is 237 g/mol. The fraction of sp³-hybridized carbons (Fsp3) is 0.929. The Labute approximate surface area is 105 Å². The third-order valence-electron chi connectivity index (χ3n) is 4.38. The quantitative estimate of drug-likeness (QED) is 0.782. The minimum absolute atomic E-state index is 0.0515. The minimum Gasteiger partial charge on any atom is -0.376 e. The van der Waals surface area contributed by atoms with E-state index in [0.717, 1.165) is 13.2 Å². The van der Waals surface area contributed by atoms with E-state index in [1.165, 1.54) is 38.8 Å². The predicted octanol–water partition coefficient (Wildman–Crippen LogP) is 1.15. The Kier molecular flexibility index (Phi) is 3.75. The van der Waals surface area contributed by atoms with Gasteiger partial charge in [0.1, 0.15) is 0 Å². The van der Waals surface area contributed by atoms with Crippen molar-refractivity contribution in [3.8, 4) is 6.07 Å². The predicted molar refractivity (Wildman–Crippen MR) is 66.7 cm³/mol. The Bertz CT molecular complexity index is 304. The van der Waals surface area contributed by atoms with Crippen LogP contribution < -0.4 is 4.90 Å². The molecule has 2 saturated heterocycles. The van der Waals surface area contributed by atoms with Gasteiger partial charge in [-0.2, -0.15) is 5.26 Å². The summed E-state index contributed by atoms with van der Waals surface area (Å²) in [5, 5.41) is 8.70. The first-order valence-corrected chi connectivity index (χ1v) is 6.90. The summed E-state index contributed by atoms with van der Waals surface area (Å²) in [6.07, 6.45) is 5.78. The third kappa shape index (κ3) is 3.20. The van der Waals surface area contributed by atoms with Gasteiger partial charge in [-0.3, -0.25) is 0 Å². The molecule has 0 aromatic heterocycles. The molecule has 0 bridgehead atoms. The van der Waals surface area contributed by atoms with E-state index in [0.29, 0.717) is 11.8 Å². The van der Waals surface area contributed by atoms with Crippen LogP contribution in [0.15, 0.2) is 0 Å². The first-order chi connectivity index (χ1) is 8.05. The van der Waals surface area contributed by atoms with Gasteiger partial charge in [-0.15, -0.1) is 0 Å². The maximum atomic E-state index is 8.70. The van der Waals surface area contributed by atoms with Crippen molar-refractivity contribution in [1.29, 1.82) is 5.26 Å². The number of likely N-dealkylation sites (tertiary alicyclic amines) is 1. The van der Waals surface area contributed by atoms with E-state index in [2.05, 4.69) is 19.9 Å². The standard InChI is InChI=1S/C14H24N2O/c1-13(2)11-14(6-10-17-13)5-3-8-16(12-14)9-4-7-15/h3-6,8-12H2,1-2H3/p+1/t14-/m0/s1. The number of quaternary nitrogens is 1. The van der Waals surface area contributed by atoms with Gasteiger partial charge in [0.05, 0.1) is 37.7 Å². The van der Waals surface area contributed by atoms with Crippen molar-refractivity contribution in [2.45, 2.75) is 51.6 Å². The number of hydrogen-bond donors (Lipinski definition) is 1. The van der Waals surface area contributed by atoms with Crippen LogP contribution in [0.1, 0.15) is 46.0 Å². The second kappa shape index (κ2) is 4.96. The number of piperidine rings is 1. The Morgan fingerprint density at radius 2 is 2.18 bits per heavy atom. The molecule has 1 spiro atoms. The summed E-state index contributed by atoms with van der Waals surface area (Å²) in [6.45, 7) is 8.89. The molecule has 2 fully saturated rings.